The molecule has 0 atom stereocenters. The van der Waals surface area contributed by atoms with Crippen LogP contribution in [0.25, 0.3) is 0 Å². The highest BCUT2D eigenvalue weighted by atomic mass is 19.1. The number of rotatable bonds is 5. The van der Waals surface area contributed by atoms with E-state index in [0.717, 1.165) is 17.7 Å². The van der Waals surface area contributed by atoms with Crippen molar-refractivity contribution in [3.8, 4) is 5.75 Å². The maximum atomic E-state index is 13.6. The summed E-state index contributed by atoms with van der Waals surface area (Å²) in [6.07, 6.45) is 0.972. The van der Waals surface area contributed by atoms with E-state index in [1.807, 2.05) is 24.3 Å². The zero-order chi connectivity index (χ0) is 13.7. The summed E-state index contributed by atoms with van der Waals surface area (Å²) in [5.41, 5.74) is 3.25. The van der Waals surface area contributed by atoms with Gasteiger partial charge >= 0.3 is 0 Å². The number of halogens is 1. The minimum Gasteiger partial charge on any atom is -0.494 e. The molecular formula is C16H18FNO. The van der Waals surface area contributed by atoms with Crippen LogP contribution in [0.15, 0.2) is 42.5 Å². The fourth-order valence-electron chi connectivity index (χ4n) is 2.02. The minimum atomic E-state index is -0.328. The molecule has 0 radical (unpaired) electrons. The van der Waals surface area contributed by atoms with E-state index in [1.165, 1.54) is 18.7 Å². The van der Waals surface area contributed by atoms with E-state index in [-0.39, 0.29) is 11.6 Å². The quantitative estimate of drug-likeness (QED) is 0.876. The third kappa shape index (κ3) is 3.25. The highest BCUT2D eigenvalue weighted by Gasteiger charge is 2.04. The van der Waals surface area contributed by atoms with Gasteiger partial charge in [-0.3, -0.25) is 0 Å². The lowest BCUT2D eigenvalue weighted by Gasteiger charge is -2.11. The lowest BCUT2D eigenvalue weighted by Crippen LogP contribution is -2.02. The zero-order valence-corrected chi connectivity index (χ0v) is 11.2. The molecule has 0 heterocycles. The van der Waals surface area contributed by atoms with Crippen molar-refractivity contribution in [3.63, 3.8) is 0 Å². The van der Waals surface area contributed by atoms with Gasteiger partial charge < -0.3 is 10.1 Å². The number of nitrogens with one attached hydrogen (secondary N) is 1. The molecule has 2 nitrogen and oxygen atoms in total. The molecule has 1 N–H and O–H groups in total. The van der Waals surface area contributed by atoms with E-state index in [1.54, 1.807) is 6.07 Å². The van der Waals surface area contributed by atoms with Crippen molar-refractivity contribution in [3.05, 3.63) is 59.4 Å². The van der Waals surface area contributed by atoms with Gasteiger partial charge in [-0.1, -0.05) is 31.2 Å². The van der Waals surface area contributed by atoms with Gasteiger partial charge in [0.15, 0.2) is 11.6 Å². The number of anilines is 1. The maximum absolute atomic E-state index is 13.6. The van der Waals surface area contributed by atoms with Gasteiger partial charge in [-0.15, -0.1) is 0 Å². The van der Waals surface area contributed by atoms with Crippen LogP contribution in [0, 0.1) is 5.82 Å². The Morgan fingerprint density at radius 2 is 1.95 bits per heavy atom. The van der Waals surface area contributed by atoms with Crippen LogP contribution in [0.1, 0.15) is 18.1 Å². The molecule has 3 heteroatoms. The summed E-state index contributed by atoms with van der Waals surface area (Å²) in [5, 5.41) is 3.34. The van der Waals surface area contributed by atoms with Crippen molar-refractivity contribution >= 4 is 5.69 Å². The van der Waals surface area contributed by atoms with Crippen molar-refractivity contribution in [2.45, 2.75) is 19.9 Å². The fourth-order valence-corrected chi connectivity index (χ4v) is 2.02. The predicted molar refractivity (Wildman–Crippen MR) is 76.1 cm³/mol. The molecule has 0 aliphatic rings. The van der Waals surface area contributed by atoms with Gasteiger partial charge in [0.1, 0.15) is 0 Å². The largest absolute Gasteiger partial charge is 0.494 e. The maximum Gasteiger partial charge on any atom is 0.165 e. The number of para-hydroxylation sites is 1. The molecule has 0 aromatic heterocycles. The average molecular weight is 259 g/mol. The van der Waals surface area contributed by atoms with E-state index >= 15 is 0 Å². The van der Waals surface area contributed by atoms with Crippen LogP contribution in [-0.2, 0) is 13.0 Å². The fraction of sp³-hybridized carbons (Fsp3) is 0.250. The summed E-state index contributed by atoms with van der Waals surface area (Å²) in [5.74, 6) is -0.0525. The lowest BCUT2D eigenvalue weighted by molar-refractivity contribution is 0.386. The highest BCUT2D eigenvalue weighted by molar-refractivity contribution is 5.51. The summed E-state index contributed by atoms with van der Waals surface area (Å²) in [6.45, 7) is 2.71. The third-order valence-corrected chi connectivity index (χ3v) is 3.10. The number of hydrogen-bond donors (Lipinski definition) is 1. The average Bonchev–Trinajstić information content (AvgIpc) is 2.45. The van der Waals surface area contributed by atoms with Gasteiger partial charge in [-0.05, 0) is 35.7 Å². The SMILES string of the molecule is CCc1ccccc1NCc1ccc(OC)c(F)c1. The lowest BCUT2D eigenvalue weighted by atomic mass is 10.1. The Hall–Kier alpha value is -2.03. The first-order chi connectivity index (χ1) is 9.24. The molecule has 0 unspecified atom stereocenters. The standard InChI is InChI=1S/C16H18FNO/c1-3-13-6-4-5-7-15(13)18-11-12-8-9-16(19-2)14(17)10-12/h4-10,18H,3,11H2,1-2H3. The van der Waals surface area contributed by atoms with Crippen LogP contribution in [0.5, 0.6) is 5.75 Å². The topological polar surface area (TPSA) is 21.3 Å². The van der Waals surface area contributed by atoms with Gasteiger partial charge in [0.2, 0.25) is 0 Å². The molecule has 0 saturated heterocycles. The molecule has 0 amide bonds. The number of ether oxygens (including phenoxy) is 1. The van der Waals surface area contributed by atoms with Crippen LogP contribution < -0.4 is 10.1 Å². The van der Waals surface area contributed by atoms with Gasteiger partial charge in [0.25, 0.3) is 0 Å². The van der Waals surface area contributed by atoms with Crippen LogP contribution >= 0.6 is 0 Å². The first kappa shape index (κ1) is 13.4. The van der Waals surface area contributed by atoms with Crippen molar-refractivity contribution in [2.24, 2.45) is 0 Å². The minimum absolute atomic E-state index is 0.276. The molecule has 0 aliphatic heterocycles. The Morgan fingerprint density at radius 1 is 1.16 bits per heavy atom. The van der Waals surface area contributed by atoms with Crippen LogP contribution in [-0.4, -0.2) is 7.11 Å². The molecule has 0 bridgehead atoms. The van der Waals surface area contributed by atoms with E-state index in [2.05, 4.69) is 18.3 Å². The smallest absolute Gasteiger partial charge is 0.165 e. The summed E-state index contributed by atoms with van der Waals surface area (Å²) in [7, 11) is 1.47. The van der Waals surface area contributed by atoms with Crippen molar-refractivity contribution in [1.82, 2.24) is 0 Å². The summed E-state index contributed by atoms with van der Waals surface area (Å²) in [6, 6.07) is 13.2. The Morgan fingerprint density at radius 3 is 2.63 bits per heavy atom. The monoisotopic (exact) mass is 259 g/mol. The van der Waals surface area contributed by atoms with Crippen LogP contribution in [0.3, 0.4) is 0 Å². The molecule has 2 aromatic rings. The molecule has 19 heavy (non-hydrogen) atoms. The summed E-state index contributed by atoms with van der Waals surface area (Å²) in [4.78, 5) is 0. The first-order valence-corrected chi connectivity index (χ1v) is 6.38. The van der Waals surface area contributed by atoms with Crippen LogP contribution in [0.4, 0.5) is 10.1 Å². The van der Waals surface area contributed by atoms with Gasteiger partial charge in [-0.2, -0.15) is 0 Å². The Kier molecular flexibility index (Phi) is 4.39. The van der Waals surface area contributed by atoms with Gasteiger partial charge in [-0.25, -0.2) is 4.39 Å². The molecule has 0 fully saturated rings. The second kappa shape index (κ2) is 6.23. The molecular weight excluding hydrogens is 241 g/mol. The molecule has 2 aromatic carbocycles. The first-order valence-electron chi connectivity index (χ1n) is 6.38. The van der Waals surface area contributed by atoms with E-state index in [4.69, 9.17) is 4.74 Å². The van der Waals surface area contributed by atoms with E-state index < -0.39 is 0 Å². The van der Waals surface area contributed by atoms with Crippen molar-refractivity contribution < 1.29 is 9.13 Å². The second-order valence-electron chi connectivity index (χ2n) is 4.33. The van der Waals surface area contributed by atoms with E-state index in [0.29, 0.717) is 6.54 Å². The second-order valence-corrected chi connectivity index (χ2v) is 4.33. The third-order valence-electron chi connectivity index (χ3n) is 3.10. The molecule has 0 saturated carbocycles. The number of hydrogen-bond acceptors (Lipinski definition) is 2. The van der Waals surface area contributed by atoms with Crippen molar-refractivity contribution in [2.75, 3.05) is 12.4 Å². The van der Waals surface area contributed by atoms with Gasteiger partial charge in [0, 0.05) is 12.2 Å². The molecule has 100 valence electrons. The predicted octanol–water partition coefficient (Wildman–Crippen LogP) is 4.01. The Balaban J connectivity index is 2.08. The summed E-state index contributed by atoms with van der Waals surface area (Å²) < 4.78 is 18.5. The molecule has 0 spiro atoms. The zero-order valence-electron chi connectivity index (χ0n) is 11.2. The summed E-state index contributed by atoms with van der Waals surface area (Å²) >= 11 is 0. The van der Waals surface area contributed by atoms with Gasteiger partial charge in [0.05, 0.1) is 7.11 Å². The Labute approximate surface area is 113 Å². The number of benzene rings is 2. The molecule has 0 aliphatic carbocycles. The highest BCUT2D eigenvalue weighted by Crippen LogP contribution is 2.20. The number of aryl methyl sites for hydroxylation is 1. The Bertz CT molecular complexity index is 554. The van der Waals surface area contributed by atoms with E-state index in [9.17, 15) is 4.39 Å². The number of methoxy groups -OCH3 is 1. The normalized spacial score (nSPS) is 10.3. The van der Waals surface area contributed by atoms with Crippen molar-refractivity contribution in [1.29, 1.82) is 0 Å². The molecule has 2 rings (SSSR count). The van der Waals surface area contributed by atoms with Crippen LogP contribution in [0.2, 0.25) is 0 Å².